The number of nitrogens with zero attached hydrogens (tertiary/aromatic N) is 1. The maximum absolute atomic E-state index is 12.2. The summed E-state index contributed by atoms with van der Waals surface area (Å²) in [7, 11) is 2.90. The fraction of sp³-hybridized carbons (Fsp3) is 0.276. The number of nitrogens with one attached hydrogen (secondary N) is 1. The van der Waals surface area contributed by atoms with Gasteiger partial charge in [-0.05, 0) is 63.3 Å². The van der Waals surface area contributed by atoms with Gasteiger partial charge in [0.1, 0.15) is 24.7 Å². The SMILES string of the molecule is COC(=O)/C(Cc1ccc(OCCCNC(=O)OCc2ccccc2)c(Br)c1)=N/OCc1ccc(OC)cc1. The Bertz CT molecular complexity index is 1230. The summed E-state index contributed by atoms with van der Waals surface area (Å²) in [6.07, 6.45) is 0.336. The summed E-state index contributed by atoms with van der Waals surface area (Å²) in [4.78, 5) is 29.5. The summed E-state index contributed by atoms with van der Waals surface area (Å²) in [5, 5.41) is 6.72. The van der Waals surface area contributed by atoms with Gasteiger partial charge in [0.25, 0.3) is 0 Å². The van der Waals surface area contributed by atoms with E-state index in [1.165, 1.54) is 7.11 Å². The lowest BCUT2D eigenvalue weighted by Crippen LogP contribution is -2.26. The molecule has 1 amide bonds. The highest BCUT2D eigenvalue weighted by atomic mass is 79.9. The molecule has 0 radical (unpaired) electrons. The van der Waals surface area contributed by atoms with Gasteiger partial charge in [0.05, 0.1) is 25.3 Å². The van der Waals surface area contributed by atoms with Gasteiger partial charge in [-0.2, -0.15) is 0 Å². The van der Waals surface area contributed by atoms with Crippen LogP contribution in [0.4, 0.5) is 4.79 Å². The number of amides is 1. The number of carbonyl (C=O) groups is 2. The molecule has 0 bridgehead atoms. The number of carbonyl (C=O) groups excluding carboxylic acids is 2. The molecule has 0 unspecified atom stereocenters. The van der Waals surface area contributed by atoms with Crippen LogP contribution in [0.3, 0.4) is 0 Å². The minimum Gasteiger partial charge on any atom is -0.497 e. The van der Waals surface area contributed by atoms with Crippen LogP contribution in [-0.2, 0) is 38.7 Å². The van der Waals surface area contributed by atoms with Crippen molar-refractivity contribution in [2.24, 2.45) is 5.16 Å². The van der Waals surface area contributed by atoms with E-state index < -0.39 is 12.1 Å². The van der Waals surface area contributed by atoms with E-state index in [0.29, 0.717) is 25.3 Å². The van der Waals surface area contributed by atoms with E-state index in [1.807, 2.05) is 66.7 Å². The second kappa shape index (κ2) is 16.0. The van der Waals surface area contributed by atoms with Crippen molar-refractivity contribution in [1.82, 2.24) is 5.32 Å². The monoisotopic (exact) mass is 598 g/mol. The predicted octanol–water partition coefficient (Wildman–Crippen LogP) is 5.44. The van der Waals surface area contributed by atoms with Gasteiger partial charge in [0.2, 0.25) is 0 Å². The molecule has 0 aromatic heterocycles. The molecule has 10 heteroatoms. The molecule has 1 N–H and O–H groups in total. The number of alkyl carbamates (subject to hydrolysis) is 1. The third-order valence-corrected chi connectivity index (χ3v) is 6.03. The zero-order chi connectivity index (χ0) is 27.9. The van der Waals surface area contributed by atoms with Gasteiger partial charge >= 0.3 is 12.1 Å². The standard InChI is InChI=1S/C29H31BrN2O7/c1-35-24-12-9-22(10-13-24)20-39-32-26(28(33)36-2)18-23-11-14-27(25(30)17-23)37-16-6-15-31-29(34)38-19-21-7-4-3-5-8-21/h3-5,7-14,17H,6,15-16,18-20H2,1-2H3,(H,31,34)/b32-26+. The van der Waals surface area contributed by atoms with E-state index in [-0.39, 0.29) is 25.3 Å². The van der Waals surface area contributed by atoms with E-state index in [0.717, 1.165) is 26.9 Å². The summed E-state index contributed by atoms with van der Waals surface area (Å²) >= 11 is 3.51. The molecule has 206 valence electrons. The summed E-state index contributed by atoms with van der Waals surface area (Å²) in [6, 6.07) is 22.3. The average molecular weight is 599 g/mol. The molecule has 0 atom stereocenters. The van der Waals surface area contributed by atoms with Crippen LogP contribution in [0.2, 0.25) is 0 Å². The minimum absolute atomic E-state index is 0.136. The summed E-state index contributed by atoms with van der Waals surface area (Å²) in [5.74, 6) is 0.806. The number of benzene rings is 3. The second-order valence-corrected chi connectivity index (χ2v) is 9.14. The molecule has 9 nitrogen and oxygen atoms in total. The molecule has 0 fully saturated rings. The molecule has 0 aliphatic carbocycles. The Morgan fingerprint density at radius 3 is 2.31 bits per heavy atom. The first-order valence-electron chi connectivity index (χ1n) is 12.2. The van der Waals surface area contributed by atoms with Crippen molar-refractivity contribution in [2.75, 3.05) is 27.4 Å². The van der Waals surface area contributed by atoms with Crippen LogP contribution in [-0.4, -0.2) is 45.1 Å². The molecule has 0 saturated carbocycles. The normalized spacial score (nSPS) is 10.9. The molecular formula is C29H31BrN2O7. The van der Waals surface area contributed by atoms with Crippen molar-refractivity contribution < 1.29 is 33.4 Å². The smallest absolute Gasteiger partial charge is 0.407 e. The van der Waals surface area contributed by atoms with Crippen LogP contribution in [0.25, 0.3) is 0 Å². The Balaban J connectivity index is 1.43. The molecule has 0 aliphatic rings. The van der Waals surface area contributed by atoms with Crippen molar-refractivity contribution in [3.63, 3.8) is 0 Å². The predicted molar refractivity (Wildman–Crippen MR) is 150 cm³/mol. The zero-order valence-electron chi connectivity index (χ0n) is 21.9. The van der Waals surface area contributed by atoms with Crippen molar-refractivity contribution in [3.05, 3.63) is 94.0 Å². The number of halogens is 1. The van der Waals surface area contributed by atoms with Gasteiger partial charge in [-0.3, -0.25) is 0 Å². The molecular weight excluding hydrogens is 568 g/mol. The first-order chi connectivity index (χ1) is 19.0. The fourth-order valence-electron chi connectivity index (χ4n) is 3.35. The molecule has 0 heterocycles. The van der Waals surface area contributed by atoms with Crippen molar-refractivity contribution in [2.45, 2.75) is 26.1 Å². The van der Waals surface area contributed by atoms with E-state index in [2.05, 4.69) is 26.4 Å². The highest BCUT2D eigenvalue weighted by molar-refractivity contribution is 9.10. The maximum atomic E-state index is 12.2. The molecule has 39 heavy (non-hydrogen) atoms. The average Bonchev–Trinajstić information content (AvgIpc) is 2.96. The number of methoxy groups -OCH3 is 2. The summed E-state index contributed by atoms with van der Waals surface area (Å²) < 4.78 is 21.7. The Kier molecular flexibility index (Phi) is 12.1. The largest absolute Gasteiger partial charge is 0.497 e. The van der Waals surface area contributed by atoms with Crippen molar-refractivity contribution >= 4 is 33.7 Å². The lowest BCUT2D eigenvalue weighted by molar-refractivity contribution is -0.133. The van der Waals surface area contributed by atoms with Gasteiger partial charge in [0.15, 0.2) is 5.71 Å². The van der Waals surface area contributed by atoms with Crippen LogP contribution >= 0.6 is 15.9 Å². The number of hydrogen-bond donors (Lipinski definition) is 1. The van der Waals surface area contributed by atoms with E-state index in [9.17, 15) is 9.59 Å². The number of oxime groups is 1. The number of esters is 1. The Hall–Kier alpha value is -4.05. The topological polar surface area (TPSA) is 105 Å². The molecule has 3 aromatic carbocycles. The van der Waals surface area contributed by atoms with Crippen LogP contribution in [0.5, 0.6) is 11.5 Å². The minimum atomic E-state index is -0.573. The van der Waals surface area contributed by atoms with Gasteiger partial charge in [-0.15, -0.1) is 0 Å². The fourth-order valence-corrected chi connectivity index (χ4v) is 3.89. The second-order valence-electron chi connectivity index (χ2n) is 8.28. The van der Waals surface area contributed by atoms with E-state index in [1.54, 1.807) is 13.2 Å². The van der Waals surface area contributed by atoms with Gasteiger partial charge in [-0.25, -0.2) is 9.59 Å². The molecule has 0 aliphatic heterocycles. The zero-order valence-corrected chi connectivity index (χ0v) is 23.4. The highest BCUT2D eigenvalue weighted by Crippen LogP contribution is 2.26. The van der Waals surface area contributed by atoms with E-state index in [4.69, 9.17) is 23.8 Å². The van der Waals surface area contributed by atoms with Crippen LogP contribution < -0.4 is 14.8 Å². The van der Waals surface area contributed by atoms with Gasteiger partial charge < -0.3 is 29.1 Å². The first kappa shape index (κ1) is 29.5. The van der Waals surface area contributed by atoms with Crippen LogP contribution in [0.15, 0.2) is 82.4 Å². The Morgan fingerprint density at radius 2 is 1.62 bits per heavy atom. The highest BCUT2D eigenvalue weighted by Gasteiger charge is 2.15. The molecule has 0 saturated heterocycles. The third kappa shape index (κ3) is 10.3. The van der Waals surface area contributed by atoms with E-state index >= 15 is 0 Å². The number of hydrogen-bond acceptors (Lipinski definition) is 8. The first-order valence-corrected chi connectivity index (χ1v) is 13.0. The summed E-state index contributed by atoms with van der Waals surface area (Å²) in [6.45, 7) is 1.23. The third-order valence-electron chi connectivity index (χ3n) is 5.41. The quantitative estimate of drug-likeness (QED) is 0.114. The Morgan fingerprint density at radius 1 is 0.897 bits per heavy atom. The molecule has 3 aromatic rings. The van der Waals surface area contributed by atoms with Gasteiger partial charge in [-0.1, -0.05) is 53.7 Å². The van der Waals surface area contributed by atoms with Crippen LogP contribution in [0, 0.1) is 0 Å². The van der Waals surface area contributed by atoms with Crippen molar-refractivity contribution in [3.8, 4) is 11.5 Å². The maximum Gasteiger partial charge on any atom is 0.407 e. The molecule has 0 spiro atoms. The van der Waals surface area contributed by atoms with Gasteiger partial charge in [0, 0.05) is 13.0 Å². The molecule has 3 rings (SSSR count). The number of ether oxygens (including phenoxy) is 4. The van der Waals surface area contributed by atoms with Crippen molar-refractivity contribution in [1.29, 1.82) is 0 Å². The summed E-state index contributed by atoms with van der Waals surface area (Å²) in [5.41, 5.74) is 2.76. The number of rotatable bonds is 14. The Labute approximate surface area is 236 Å². The lowest BCUT2D eigenvalue weighted by atomic mass is 10.1. The lowest BCUT2D eigenvalue weighted by Gasteiger charge is -2.11. The van der Waals surface area contributed by atoms with Crippen LogP contribution in [0.1, 0.15) is 23.1 Å².